The topological polar surface area (TPSA) is 67.3 Å². The van der Waals surface area contributed by atoms with Crippen molar-refractivity contribution in [2.45, 2.75) is 18.9 Å². The van der Waals surface area contributed by atoms with E-state index in [1.807, 2.05) is 88.3 Å². The van der Waals surface area contributed by atoms with Crippen LogP contribution in [-0.2, 0) is 4.79 Å². The molecule has 0 radical (unpaired) electrons. The second-order valence-corrected chi connectivity index (χ2v) is 8.08. The van der Waals surface area contributed by atoms with Gasteiger partial charge in [0.15, 0.2) is 6.61 Å². The summed E-state index contributed by atoms with van der Waals surface area (Å²) in [4.78, 5) is 30.0. The minimum absolute atomic E-state index is 0.00154. The number of benzene rings is 3. The van der Waals surface area contributed by atoms with Gasteiger partial charge in [0.2, 0.25) is 0 Å². The predicted octanol–water partition coefficient (Wildman–Crippen LogP) is 4.24. The molecule has 2 heterocycles. The fourth-order valence-electron chi connectivity index (χ4n) is 4.49. The number of nitrogens with zero attached hydrogens (tertiary/aromatic N) is 2. The van der Waals surface area contributed by atoms with Gasteiger partial charge >= 0.3 is 5.69 Å². The maximum atomic E-state index is 12.8. The number of aromatic nitrogens is 2. The molecule has 0 atom stereocenters. The van der Waals surface area contributed by atoms with E-state index >= 15 is 0 Å². The Labute approximate surface area is 186 Å². The van der Waals surface area contributed by atoms with Gasteiger partial charge in [0.05, 0.1) is 11.0 Å². The van der Waals surface area contributed by atoms with Crippen LogP contribution in [0.4, 0.5) is 0 Å². The van der Waals surface area contributed by atoms with Gasteiger partial charge in [-0.05, 0) is 36.6 Å². The van der Waals surface area contributed by atoms with E-state index < -0.39 is 0 Å². The summed E-state index contributed by atoms with van der Waals surface area (Å²) >= 11 is 0. The lowest BCUT2D eigenvalue weighted by molar-refractivity contribution is -0.134. The number of H-pyrrole nitrogens is 1. The Morgan fingerprint density at radius 3 is 2.41 bits per heavy atom. The third-order valence-electron chi connectivity index (χ3n) is 6.13. The molecule has 32 heavy (non-hydrogen) atoms. The van der Waals surface area contributed by atoms with Crippen LogP contribution in [-0.4, -0.2) is 40.1 Å². The van der Waals surface area contributed by atoms with Gasteiger partial charge in [-0.1, -0.05) is 60.7 Å². The molecule has 0 bridgehead atoms. The monoisotopic (exact) mass is 427 g/mol. The molecule has 1 N–H and O–H groups in total. The normalized spacial score (nSPS) is 14.6. The molecule has 1 fully saturated rings. The summed E-state index contributed by atoms with van der Waals surface area (Å²) in [5.74, 6) is 0.671. The number of para-hydroxylation sites is 3. The third kappa shape index (κ3) is 3.91. The summed E-state index contributed by atoms with van der Waals surface area (Å²) in [6.07, 6.45) is 1.49. The zero-order chi connectivity index (χ0) is 21.9. The second-order valence-electron chi connectivity index (χ2n) is 8.08. The molecule has 4 aromatic rings. The van der Waals surface area contributed by atoms with Crippen LogP contribution in [0.5, 0.6) is 5.75 Å². The number of fused-ring (bicyclic) bond motifs is 1. The quantitative estimate of drug-likeness (QED) is 0.518. The van der Waals surface area contributed by atoms with Gasteiger partial charge in [0.25, 0.3) is 5.91 Å². The Morgan fingerprint density at radius 2 is 1.59 bits per heavy atom. The van der Waals surface area contributed by atoms with E-state index in [0.717, 1.165) is 35.0 Å². The third-order valence-corrected chi connectivity index (χ3v) is 6.13. The Hall–Kier alpha value is -3.80. The van der Waals surface area contributed by atoms with Crippen LogP contribution in [0.2, 0.25) is 0 Å². The molecular weight excluding hydrogens is 402 g/mol. The summed E-state index contributed by atoms with van der Waals surface area (Å²) in [5.41, 5.74) is 3.71. The molecule has 1 aliphatic heterocycles. The minimum atomic E-state index is -0.0863. The van der Waals surface area contributed by atoms with Crippen LogP contribution in [0.3, 0.4) is 0 Å². The number of rotatable bonds is 5. The lowest BCUT2D eigenvalue weighted by atomic mass is 10.0. The van der Waals surface area contributed by atoms with E-state index in [4.69, 9.17) is 4.74 Å². The van der Waals surface area contributed by atoms with Gasteiger partial charge in [-0.2, -0.15) is 0 Å². The zero-order valence-corrected chi connectivity index (χ0v) is 17.7. The number of nitrogens with one attached hydrogen (secondary N) is 1. The van der Waals surface area contributed by atoms with Crippen LogP contribution in [0.15, 0.2) is 83.7 Å². The van der Waals surface area contributed by atoms with Crippen molar-refractivity contribution in [3.05, 3.63) is 89.3 Å². The Balaban J connectivity index is 1.23. The number of carbonyl (C=O) groups is 1. The first kappa shape index (κ1) is 20.1. The van der Waals surface area contributed by atoms with Crippen molar-refractivity contribution in [3.8, 4) is 16.9 Å². The Morgan fingerprint density at radius 1 is 0.906 bits per heavy atom. The number of likely N-dealkylation sites (tertiary alicyclic amines) is 1. The molecule has 6 nitrogen and oxygen atoms in total. The van der Waals surface area contributed by atoms with Crippen molar-refractivity contribution >= 4 is 16.9 Å². The zero-order valence-electron chi connectivity index (χ0n) is 17.7. The molecule has 0 aliphatic carbocycles. The molecule has 1 aromatic heterocycles. The molecule has 0 saturated carbocycles. The van der Waals surface area contributed by atoms with Gasteiger partial charge in [0, 0.05) is 24.7 Å². The number of imidazole rings is 1. The molecule has 0 spiro atoms. The number of piperidine rings is 1. The van der Waals surface area contributed by atoms with Crippen molar-refractivity contribution in [1.82, 2.24) is 14.5 Å². The fourth-order valence-corrected chi connectivity index (χ4v) is 4.49. The van der Waals surface area contributed by atoms with E-state index in [9.17, 15) is 9.59 Å². The van der Waals surface area contributed by atoms with Gasteiger partial charge in [0.1, 0.15) is 5.75 Å². The number of hydrogen-bond acceptors (Lipinski definition) is 3. The average Bonchev–Trinajstić information content (AvgIpc) is 3.19. The summed E-state index contributed by atoms with van der Waals surface area (Å²) in [6, 6.07) is 25.6. The van der Waals surface area contributed by atoms with E-state index in [2.05, 4.69) is 4.98 Å². The highest BCUT2D eigenvalue weighted by molar-refractivity contribution is 5.79. The van der Waals surface area contributed by atoms with Crippen LogP contribution in [0.1, 0.15) is 18.9 Å². The molecule has 1 aliphatic rings. The number of amides is 1. The van der Waals surface area contributed by atoms with Crippen LogP contribution < -0.4 is 10.4 Å². The summed E-state index contributed by atoms with van der Waals surface area (Å²) in [7, 11) is 0. The van der Waals surface area contributed by atoms with E-state index in [-0.39, 0.29) is 24.2 Å². The summed E-state index contributed by atoms with van der Waals surface area (Å²) in [5, 5.41) is 0. The first-order valence-corrected chi connectivity index (χ1v) is 10.9. The number of hydrogen-bond donors (Lipinski definition) is 1. The highest BCUT2D eigenvalue weighted by Gasteiger charge is 2.26. The minimum Gasteiger partial charge on any atom is -0.483 e. The fraction of sp³-hybridized carbons (Fsp3) is 0.231. The smallest absolute Gasteiger partial charge is 0.326 e. The van der Waals surface area contributed by atoms with Crippen LogP contribution >= 0.6 is 0 Å². The largest absolute Gasteiger partial charge is 0.483 e. The average molecular weight is 428 g/mol. The van der Waals surface area contributed by atoms with Crippen molar-refractivity contribution in [2.75, 3.05) is 19.7 Å². The highest BCUT2D eigenvalue weighted by atomic mass is 16.5. The molecule has 6 heteroatoms. The lowest BCUT2D eigenvalue weighted by Gasteiger charge is -2.32. The van der Waals surface area contributed by atoms with Crippen molar-refractivity contribution in [3.63, 3.8) is 0 Å². The standard InChI is InChI=1S/C26H25N3O3/c30-25(18-32-24-13-7-4-10-21(24)19-8-2-1-3-9-19)28-16-14-20(15-17-28)29-23-12-6-5-11-22(23)27-26(29)31/h1-13,20H,14-18H2,(H,27,31). The maximum absolute atomic E-state index is 12.8. The second kappa shape index (κ2) is 8.75. The molecule has 1 saturated heterocycles. The van der Waals surface area contributed by atoms with Crippen LogP contribution in [0, 0.1) is 0 Å². The van der Waals surface area contributed by atoms with Gasteiger partial charge in [-0.3, -0.25) is 9.36 Å². The molecule has 162 valence electrons. The molecule has 1 amide bonds. The van der Waals surface area contributed by atoms with Crippen molar-refractivity contribution in [1.29, 1.82) is 0 Å². The Kier molecular flexibility index (Phi) is 5.50. The number of aromatic amines is 1. The number of carbonyl (C=O) groups excluding carboxylic acids is 1. The lowest BCUT2D eigenvalue weighted by Crippen LogP contribution is -2.42. The van der Waals surface area contributed by atoms with Crippen LogP contribution in [0.25, 0.3) is 22.2 Å². The first-order chi connectivity index (χ1) is 15.7. The van der Waals surface area contributed by atoms with Crippen molar-refractivity contribution in [2.24, 2.45) is 0 Å². The SMILES string of the molecule is O=C(COc1ccccc1-c1ccccc1)N1CCC(n2c(=O)[nH]c3ccccc32)CC1. The van der Waals surface area contributed by atoms with E-state index in [1.54, 1.807) is 0 Å². The van der Waals surface area contributed by atoms with Gasteiger partial charge < -0.3 is 14.6 Å². The number of ether oxygens (including phenoxy) is 1. The van der Waals surface area contributed by atoms with E-state index in [1.165, 1.54) is 0 Å². The Bertz CT molecular complexity index is 1280. The summed E-state index contributed by atoms with van der Waals surface area (Å²) in [6.45, 7) is 1.22. The maximum Gasteiger partial charge on any atom is 0.326 e. The molecule has 0 unspecified atom stereocenters. The van der Waals surface area contributed by atoms with Gasteiger partial charge in [-0.25, -0.2) is 4.79 Å². The highest BCUT2D eigenvalue weighted by Crippen LogP contribution is 2.30. The van der Waals surface area contributed by atoms with E-state index in [0.29, 0.717) is 18.8 Å². The predicted molar refractivity (Wildman–Crippen MR) is 125 cm³/mol. The van der Waals surface area contributed by atoms with Gasteiger partial charge in [-0.15, -0.1) is 0 Å². The molecule has 5 rings (SSSR count). The molecule has 3 aromatic carbocycles. The summed E-state index contributed by atoms with van der Waals surface area (Å²) < 4.78 is 7.77. The molecular formula is C26H25N3O3. The first-order valence-electron chi connectivity index (χ1n) is 10.9. The van der Waals surface area contributed by atoms with Crippen molar-refractivity contribution < 1.29 is 9.53 Å².